The molecule has 0 spiro atoms. The van der Waals surface area contributed by atoms with Crippen molar-refractivity contribution in [3.05, 3.63) is 22.4 Å². The Morgan fingerprint density at radius 3 is 2.75 bits per heavy atom. The van der Waals surface area contributed by atoms with E-state index in [0.29, 0.717) is 18.8 Å². The van der Waals surface area contributed by atoms with Crippen LogP contribution in [0.2, 0.25) is 0 Å². The lowest BCUT2D eigenvalue weighted by atomic mass is 9.96. The number of halogens is 1. The van der Waals surface area contributed by atoms with Gasteiger partial charge in [0.25, 0.3) is 5.91 Å². The number of rotatable bonds is 2. The zero-order valence-corrected chi connectivity index (χ0v) is 11.0. The topological polar surface area (TPSA) is 45.5 Å². The van der Waals surface area contributed by atoms with Crippen LogP contribution in [0.15, 0.2) is 16.7 Å². The molecular weight excluding hydrogens is 272 g/mol. The van der Waals surface area contributed by atoms with E-state index in [4.69, 9.17) is 0 Å². The van der Waals surface area contributed by atoms with E-state index in [1.165, 1.54) is 0 Å². The van der Waals surface area contributed by atoms with Gasteiger partial charge in [0.1, 0.15) is 5.69 Å². The third-order valence-corrected chi connectivity index (χ3v) is 3.21. The molecule has 88 valence electrons. The third kappa shape index (κ3) is 2.01. The van der Waals surface area contributed by atoms with Crippen LogP contribution in [-0.2, 0) is 6.54 Å². The second-order valence-electron chi connectivity index (χ2n) is 4.49. The summed E-state index contributed by atoms with van der Waals surface area (Å²) >= 11 is 3.36. The monoisotopic (exact) mass is 286 g/mol. The fourth-order valence-electron chi connectivity index (χ4n) is 2.00. The molecule has 5 heteroatoms. The van der Waals surface area contributed by atoms with E-state index in [1.807, 2.05) is 23.8 Å². The van der Waals surface area contributed by atoms with Gasteiger partial charge in [0, 0.05) is 17.2 Å². The molecule has 1 aliphatic rings. The molecule has 0 radical (unpaired) electrons. The highest BCUT2D eigenvalue weighted by Crippen LogP contribution is 2.24. The molecule has 0 aliphatic carbocycles. The maximum Gasteiger partial charge on any atom is 0.270 e. The van der Waals surface area contributed by atoms with Crippen LogP contribution in [0.3, 0.4) is 0 Å². The van der Waals surface area contributed by atoms with Crippen LogP contribution in [0.25, 0.3) is 0 Å². The molecule has 1 amide bonds. The average molecular weight is 287 g/mol. The van der Waals surface area contributed by atoms with Gasteiger partial charge in [-0.2, -0.15) is 0 Å². The summed E-state index contributed by atoms with van der Waals surface area (Å²) in [5.74, 6) is -0.0147. The standard InChI is InChI=1S/C11H15BrN2O2/c1-3-13-5-8(12)4-9(13)10(15)14-6-11(2,16)7-14/h4-5,16H,3,6-7H2,1-2H3. The highest BCUT2D eigenvalue weighted by molar-refractivity contribution is 9.10. The number of aryl methyl sites for hydroxylation is 1. The lowest BCUT2D eigenvalue weighted by Gasteiger charge is -2.44. The normalized spacial score (nSPS) is 18.4. The molecule has 16 heavy (non-hydrogen) atoms. The van der Waals surface area contributed by atoms with Crippen molar-refractivity contribution >= 4 is 21.8 Å². The SMILES string of the molecule is CCn1cc(Br)cc1C(=O)N1CC(C)(O)C1. The van der Waals surface area contributed by atoms with Gasteiger partial charge in [-0.1, -0.05) is 0 Å². The first-order chi connectivity index (χ1) is 7.43. The number of carbonyl (C=O) groups is 1. The Kier molecular flexibility index (Phi) is 2.84. The molecule has 1 aromatic heterocycles. The number of nitrogens with zero attached hydrogens (tertiary/aromatic N) is 2. The van der Waals surface area contributed by atoms with Gasteiger partial charge in [-0.3, -0.25) is 4.79 Å². The lowest BCUT2D eigenvalue weighted by molar-refractivity contribution is -0.0672. The van der Waals surface area contributed by atoms with E-state index in [2.05, 4.69) is 15.9 Å². The fraction of sp³-hybridized carbons (Fsp3) is 0.545. The summed E-state index contributed by atoms with van der Waals surface area (Å²) in [6.07, 6.45) is 1.89. The van der Waals surface area contributed by atoms with E-state index in [0.717, 1.165) is 11.0 Å². The van der Waals surface area contributed by atoms with Crippen LogP contribution in [0.1, 0.15) is 24.3 Å². The minimum atomic E-state index is -0.712. The summed E-state index contributed by atoms with van der Waals surface area (Å²) in [5.41, 5.74) is -0.0406. The maximum atomic E-state index is 12.1. The first-order valence-electron chi connectivity index (χ1n) is 5.30. The van der Waals surface area contributed by atoms with Crippen molar-refractivity contribution in [1.82, 2.24) is 9.47 Å². The molecular formula is C11H15BrN2O2. The van der Waals surface area contributed by atoms with Gasteiger partial charge in [0.05, 0.1) is 18.7 Å². The van der Waals surface area contributed by atoms with Gasteiger partial charge in [0.15, 0.2) is 0 Å². The van der Waals surface area contributed by atoms with Crippen LogP contribution >= 0.6 is 15.9 Å². The highest BCUT2D eigenvalue weighted by Gasteiger charge is 2.40. The Balaban J connectivity index is 2.15. The van der Waals surface area contributed by atoms with E-state index >= 15 is 0 Å². The number of hydrogen-bond acceptors (Lipinski definition) is 2. The zero-order valence-electron chi connectivity index (χ0n) is 9.40. The number of carbonyl (C=O) groups excluding carboxylic acids is 1. The number of likely N-dealkylation sites (tertiary alicyclic amines) is 1. The number of amides is 1. The number of aliphatic hydroxyl groups is 1. The van der Waals surface area contributed by atoms with Crippen molar-refractivity contribution in [2.45, 2.75) is 26.0 Å². The molecule has 1 N–H and O–H groups in total. The van der Waals surface area contributed by atoms with E-state index in [9.17, 15) is 9.90 Å². The van der Waals surface area contributed by atoms with Crippen LogP contribution in [0.4, 0.5) is 0 Å². The molecule has 0 bridgehead atoms. The third-order valence-electron chi connectivity index (χ3n) is 2.77. The van der Waals surface area contributed by atoms with Crippen molar-refractivity contribution in [1.29, 1.82) is 0 Å². The number of hydrogen-bond donors (Lipinski definition) is 1. The van der Waals surface area contributed by atoms with E-state index in [1.54, 1.807) is 11.8 Å². The Morgan fingerprint density at radius 2 is 2.25 bits per heavy atom. The van der Waals surface area contributed by atoms with Gasteiger partial charge in [-0.05, 0) is 35.8 Å². The molecule has 0 unspecified atom stereocenters. The predicted molar refractivity (Wildman–Crippen MR) is 64.3 cm³/mol. The van der Waals surface area contributed by atoms with Gasteiger partial charge in [-0.25, -0.2) is 0 Å². The molecule has 1 aromatic rings. The van der Waals surface area contributed by atoms with Crippen LogP contribution in [-0.4, -0.2) is 39.2 Å². The largest absolute Gasteiger partial charge is 0.386 e. The number of aromatic nitrogens is 1. The fourth-order valence-corrected chi connectivity index (χ4v) is 2.46. The molecule has 2 rings (SSSR count). The highest BCUT2D eigenvalue weighted by atomic mass is 79.9. The second kappa shape index (κ2) is 3.89. The summed E-state index contributed by atoms with van der Waals surface area (Å²) in [6.45, 7) is 5.33. The quantitative estimate of drug-likeness (QED) is 0.895. The Bertz CT molecular complexity index is 418. The molecule has 0 aromatic carbocycles. The summed E-state index contributed by atoms with van der Waals surface area (Å²) in [7, 11) is 0. The smallest absolute Gasteiger partial charge is 0.270 e. The predicted octanol–water partition coefficient (Wildman–Crippen LogP) is 1.48. The van der Waals surface area contributed by atoms with Gasteiger partial charge >= 0.3 is 0 Å². The first-order valence-corrected chi connectivity index (χ1v) is 6.09. The van der Waals surface area contributed by atoms with E-state index in [-0.39, 0.29) is 5.91 Å². The van der Waals surface area contributed by atoms with Gasteiger partial charge in [-0.15, -0.1) is 0 Å². The molecule has 1 aliphatic heterocycles. The Hall–Kier alpha value is -0.810. The van der Waals surface area contributed by atoms with E-state index < -0.39 is 5.60 Å². The van der Waals surface area contributed by atoms with Crippen LogP contribution in [0.5, 0.6) is 0 Å². The maximum absolute atomic E-state index is 12.1. The Morgan fingerprint density at radius 1 is 1.62 bits per heavy atom. The van der Waals surface area contributed by atoms with Crippen molar-refractivity contribution < 1.29 is 9.90 Å². The first kappa shape index (κ1) is 11.7. The molecule has 1 fully saturated rings. The van der Waals surface area contributed by atoms with Crippen molar-refractivity contribution in [2.75, 3.05) is 13.1 Å². The average Bonchev–Trinajstić information content (AvgIpc) is 2.54. The van der Waals surface area contributed by atoms with Crippen molar-refractivity contribution in [3.8, 4) is 0 Å². The van der Waals surface area contributed by atoms with Gasteiger partial charge < -0.3 is 14.6 Å². The van der Waals surface area contributed by atoms with Crippen LogP contribution < -0.4 is 0 Å². The lowest BCUT2D eigenvalue weighted by Crippen LogP contribution is -2.61. The van der Waals surface area contributed by atoms with Crippen molar-refractivity contribution in [2.24, 2.45) is 0 Å². The molecule has 1 saturated heterocycles. The zero-order chi connectivity index (χ0) is 11.9. The molecule has 2 heterocycles. The Labute approximate surface area is 103 Å². The summed E-state index contributed by atoms with van der Waals surface area (Å²) in [4.78, 5) is 13.7. The second-order valence-corrected chi connectivity index (χ2v) is 5.40. The molecule has 0 saturated carbocycles. The summed E-state index contributed by atoms with van der Waals surface area (Å²) in [6, 6.07) is 1.82. The van der Waals surface area contributed by atoms with Crippen molar-refractivity contribution in [3.63, 3.8) is 0 Å². The number of β-amino-alcohol motifs (C(OH)–C–C–N with tert-alkyl or cyclic N) is 1. The molecule has 0 atom stereocenters. The summed E-state index contributed by atoms with van der Waals surface area (Å²) in [5, 5.41) is 9.60. The minimum Gasteiger partial charge on any atom is -0.386 e. The minimum absolute atomic E-state index is 0.0147. The van der Waals surface area contributed by atoms with Gasteiger partial charge in [0.2, 0.25) is 0 Å². The summed E-state index contributed by atoms with van der Waals surface area (Å²) < 4.78 is 2.81. The van der Waals surface area contributed by atoms with Crippen LogP contribution in [0, 0.1) is 0 Å². The molecule has 4 nitrogen and oxygen atoms in total.